The number of aromatic nitrogens is 2. The second-order valence-electron chi connectivity index (χ2n) is 9.64. The largest absolute Gasteiger partial charge is 0.534 e. The molecule has 40 heavy (non-hydrogen) atoms. The third-order valence-corrected chi connectivity index (χ3v) is 7.47. The summed E-state index contributed by atoms with van der Waals surface area (Å²) in [6, 6.07) is 14.2. The summed E-state index contributed by atoms with van der Waals surface area (Å²) in [5, 5.41) is 9.79. The van der Waals surface area contributed by atoms with Crippen LogP contribution in [-0.4, -0.2) is 48.1 Å². The number of alkyl halides is 3. The number of rotatable bonds is 9. The van der Waals surface area contributed by atoms with Gasteiger partial charge in [0.15, 0.2) is 5.69 Å². The van der Waals surface area contributed by atoms with E-state index in [9.17, 15) is 35.9 Å². The van der Waals surface area contributed by atoms with E-state index in [1.54, 1.807) is 42.5 Å². The van der Waals surface area contributed by atoms with Gasteiger partial charge in [0.05, 0.1) is 0 Å². The van der Waals surface area contributed by atoms with Crippen LogP contribution in [0.15, 0.2) is 54.6 Å². The van der Waals surface area contributed by atoms with Gasteiger partial charge in [-0.3, -0.25) is 0 Å². The number of nitrogens with zero attached hydrogens (tertiary/aromatic N) is 3. The molecular formula is C26H25F4N3O6S. The summed E-state index contributed by atoms with van der Waals surface area (Å²) >= 11 is 0. The number of carboxylic acid groups (broad SMARTS) is 1. The molecule has 0 bridgehead atoms. The molecule has 0 spiro atoms. The molecule has 1 aromatic heterocycles. The van der Waals surface area contributed by atoms with Crippen LogP contribution in [0.4, 0.5) is 23.2 Å². The molecule has 214 valence electrons. The van der Waals surface area contributed by atoms with Crippen molar-refractivity contribution in [2.75, 3.05) is 18.0 Å². The quantitative estimate of drug-likeness (QED) is 0.212. The topological polar surface area (TPSA) is 119 Å². The van der Waals surface area contributed by atoms with Crippen molar-refractivity contribution < 1.29 is 44.8 Å². The van der Waals surface area contributed by atoms with Gasteiger partial charge in [-0.15, -0.1) is 0 Å². The second-order valence-corrected chi connectivity index (χ2v) is 11.2. The number of hydrogen-bond acceptors (Lipinski definition) is 8. The monoisotopic (exact) mass is 583 g/mol. The predicted molar refractivity (Wildman–Crippen MR) is 135 cm³/mol. The molecule has 1 fully saturated rings. The Labute approximate surface area is 227 Å². The molecule has 0 saturated carbocycles. The van der Waals surface area contributed by atoms with Crippen molar-refractivity contribution in [1.29, 1.82) is 0 Å². The normalized spacial score (nSPS) is 15.5. The number of piperidine rings is 1. The zero-order valence-corrected chi connectivity index (χ0v) is 22.0. The van der Waals surface area contributed by atoms with E-state index in [2.05, 4.69) is 14.2 Å². The van der Waals surface area contributed by atoms with Crippen LogP contribution in [0.5, 0.6) is 11.6 Å². The molecule has 1 aliphatic rings. The van der Waals surface area contributed by atoms with E-state index < -0.39 is 44.3 Å². The molecule has 0 radical (unpaired) electrons. The van der Waals surface area contributed by atoms with Crippen LogP contribution in [0.25, 0.3) is 0 Å². The minimum Gasteiger partial charge on any atom is -0.481 e. The maximum atomic E-state index is 13.3. The van der Waals surface area contributed by atoms with E-state index in [0.29, 0.717) is 31.5 Å². The Bertz CT molecular complexity index is 1460. The number of hydrogen-bond donors (Lipinski definition) is 1. The van der Waals surface area contributed by atoms with Crippen LogP contribution in [0, 0.1) is 11.2 Å². The minimum atomic E-state index is -6.20. The fraction of sp³-hybridized carbons (Fsp3) is 0.346. The lowest BCUT2D eigenvalue weighted by Gasteiger charge is -2.40. The van der Waals surface area contributed by atoms with Crippen molar-refractivity contribution in [3.05, 3.63) is 77.5 Å². The molecule has 0 amide bonds. The first-order valence-corrected chi connectivity index (χ1v) is 13.5. The van der Waals surface area contributed by atoms with E-state index in [0.717, 1.165) is 5.69 Å². The maximum Gasteiger partial charge on any atom is 0.534 e. The summed E-state index contributed by atoms with van der Waals surface area (Å²) in [4.78, 5) is 22.0. The third kappa shape index (κ3) is 6.79. The van der Waals surface area contributed by atoms with Gasteiger partial charge in [-0.05, 0) is 48.1 Å². The van der Waals surface area contributed by atoms with E-state index in [4.69, 9.17) is 4.74 Å². The highest BCUT2D eigenvalue weighted by molar-refractivity contribution is 7.88. The molecule has 2 heterocycles. The number of ether oxygens (including phenoxy) is 1. The molecule has 4 rings (SSSR count). The molecule has 2 aromatic carbocycles. The third-order valence-electron chi connectivity index (χ3n) is 6.53. The molecule has 1 aliphatic heterocycles. The highest BCUT2D eigenvalue weighted by atomic mass is 32.2. The van der Waals surface area contributed by atoms with E-state index in [1.807, 2.05) is 11.8 Å². The van der Waals surface area contributed by atoms with Crippen molar-refractivity contribution in [3.8, 4) is 11.6 Å². The molecule has 0 aliphatic carbocycles. The summed E-state index contributed by atoms with van der Waals surface area (Å²) in [5.74, 6) is -4.25. The van der Waals surface area contributed by atoms with Crippen LogP contribution in [-0.2, 0) is 23.1 Å². The number of aromatic carboxylic acids is 1. The van der Waals surface area contributed by atoms with Crippen molar-refractivity contribution >= 4 is 21.8 Å². The Morgan fingerprint density at radius 1 is 1.05 bits per heavy atom. The van der Waals surface area contributed by atoms with E-state index in [-0.39, 0.29) is 24.7 Å². The smallest absolute Gasteiger partial charge is 0.481 e. The van der Waals surface area contributed by atoms with Gasteiger partial charge in [0, 0.05) is 25.2 Å². The Balaban J connectivity index is 1.63. The SMILES string of the molecule is CC1(Cc2nc(OS(=O)(=O)C(F)(F)F)c(OCc3ccccc3)c(C(=O)O)n2)CCN(c2ccc(F)cc2)CC1. The summed E-state index contributed by atoms with van der Waals surface area (Å²) < 4.78 is 86.1. The Morgan fingerprint density at radius 3 is 2.25 bits per heavy atom. The van der Waals surface area contributed by atoms with Crippen LogP contribution in [0.2, 0.25) is 0 Å². The highest BCUT2D eigenvalue weighted by Gasteiger charge is 2.49. The van der Waals surface area contributed by atoms with Crippen molar-refractivity contribution in [2.45, 2.75) is 38.3 Å². The van der Waals surface area contributed by atoms with Gasteiger partial charge >= 0.3 is 21.6 Å². The summed E-state index contributed by atoms with van der Waals surface area (Å²) in [6.45, 7) is 2.67. The maximum absolute atomic E-state index is 13.3. The van der Waals surface area contributed by atoms with E-state index in [1.165, 1.54) is 12.1 Å². The number of carbonyl (C=O) groups is 1. The first-order chi connectivity index (χ1) is 18.8. The highest BCUT2D eigenvalue weighted by Crippen LogP contribution is 2.38. The van der Waals surface area contributed by atoms with Gasteiger partial charge in [-0.2, -0.15) is 26.6 Å². The average Bonchev–Trinajstić information content (AvgIpc) is 2.88. The first kappa shape index (κ1) is 29.1. The molecule has 0 unspecified atom stereocenters. The summed E-state index contributed by atoms with van der Waals surface area (Å²) in [6.07, 6.45) is 1.13. The van der Waals surface area contributed by atoms with Crippen LogP contribution >= 0.6 is 0 Å². The van der Waals surface area contributed by atoms with Gasteiger partial charge in [0.2, 0.25) is 5.75 Å². The number of anilines is 1. The first-order valence-electron chi connectivity index (χ1n) is 12.1. The van der Waals surface area contributed by atoms with Crippen LogP contribution in [0.1, 0.15) is 41.6 Å². The summed E-state index contributed by atoms with van der Waals surface area (Å²) in [7, 11) is -6.20. The van der Waals surface area contributed by atoms with Crippen molar-refractivity contribution in [2.24, 2.45) is 5.41 Å². The van der Waals surface area contributed by atoms with Gasteiger partial charge in [-0.1, -0.05) is 37.3 Å². The Kier molecular flexibility index (Phi) is 8.19. The minimum absolute atomic E-state index is 0.0198. The Morgan fingerprint density at radius 2 is 1.68 bits per heavy atom. The molecule has 0 atom stereocenters. The van der Waals surface area contributed by atoms with Gasteiger partial charge < -0.3 is 18.9 Å². The van der Waals surface area contributed by atoms with Crippen LogP contribution in [0.3, 0.4) is 0 Å². The molecule has 9 nitrogen and oxygen atoms in total. The number of halogens is 4. The fourth-order valence-electron chi connectivity index (χ4n) is 4.28. The standard InChI is InChI=1S/C26H25F4N3O6S/c1-25(11-13-33(14-12-25)19-9-7-18(27)8-10-19)15-20-31-21(24(34)35)22(38-16-17-5-3-2-4-6-17)23(32-20)39-40(36,37)26(28,29)30/h2-10H,11-16H2,1H3,(H,34,35). The number of benzene rings is 2. The zero-order valence-electron chi connectivity index (χ0n) is 21.2. The zero-order chi connectivity index (χ0) is 29.1. The lowest BCUT2D eigenvalue weighted by Crippen LogP contribution is -2.40. The van der Waals surface area contributed by atoms with E-state index >= 15 is 0 Å². The van der Waals surface area contributed by atoms with Gasteiger partial charge in [-0.25, -0.2) is 14.2 Å². The van der Waals surface area contributed by atoms with Crippen molar-refractivity contribution in [3.63, 3.8) is 0 Å². The fourth-order valence-corrected chi connectivity index (χ4v) is 4.70. The second kappa shape index (κ2) is 11.3. The predicted octanol–water partition coefficient (Wildman–Crippen LogP) is 4.97. The lowest BCUT2D eigenvalue weighted by atomic mass is 9.77. The lowest BCUT2D eigenvalue weighted by molar-refractivity contribution is -0.0502. The van der Waals surface area contributed by atoms with Gasteiger partial charge in [0.25, 0.3) is 5.88 Å². The van der Waals surface area contributed by atoms with Gasteiger partial charge in [0.1, 0.15) is 18.2 Å². The molecule has 14 heteroatoms. The molecule has 3 aromatic rings. The average molecular weight is 584 g/mol. The summed E-state index contributed by atoms with van der Waals surface area (Å²) in [5.41, 5.74) is -5.80. The molecule has 1 saturated heterocycles. The molecular weight excluding hydrogens is 558 g/mol. The van der Waals surface area contributed by atoms with Crippen LogP contribution < -0.4 is 13.8 Å². The van der Waals surface area contributed by atoms with Crippen molar-refractivity contribution in [1.82, 2.24) is 9.97 Å². The molecule has 1 N–H and O–H groups in total. The number of carboxylic acids is 1. The Hall–Kier alpha value is -3.94.